The summed E-state index contributed by atoms with van der Waals surface area (Å²) >= 11 is 0. The third kappa shape index (κ3) is 3.66. The number of hydrogen-bond acceptors (Lipinski definition) is 6. The van der Waals surface area contributed by atoms with Gasteiger partial charge in [0.2, 0.25) is 0 Å². The van der Waals surface area contributed by atoms with Crippen molar-refractivity contribution >= 4 is 11.7 Å². The van der Waals surface area contributed by atoms with E-state index in [0.29, 0.717) is 17.3 Å². The van der Waals surface area contributed by atoms with Crippen LogP contribution in [0.15, 0.2) is 18.3 Å². The van der Waals surface area contributed by atoms with Gasteiger partial charge in [0.25, 0.3) is 5.91 Å². The number of primary amides is 1. The minimum absolute atomic E-state index is 0.381. The van der Waals surface area contributed by atoms with Crippen molar-refractivity contribution in [1.82, 2.24) is 24.6 Å². The lowest BCUT2D eigenvalue weighted by molar-refractivity contribution is 0.100. The normalized spacial score (nSPS) is 18.9. The number of carbonyl (C=O) groups excluding carboxylic acids is 1. The summed E-state index contributed by atoms with van der Waals surface area (Å²) in [5.74, 6) is 2.76. The molecule has 0 aliphatic carbocycles. The first-order valence-electron chi connectivity index (χ1n) is 9.74. The molecule has 2 aliphatic heterocycles. The number of nitrogens with zero attached hydrogens (tertiary/aromatic N) is 6. The monoisotopic (exact) mass is 369 g/mol. The highest BCUT2D eigenvalue weighted by Crippen LogP contribution is 2.30. The Balaban J connectivity index is 1.42. The third-order valence-corrected chi connectivity index (χ3v) is 5.77. The molecule has 2 aliphatic rings. The summed E-state index contributed by atoms with van der Waals surface area (Å²) in [5, 5.41) is 8.96. The Bertz CT molecular complexity index is 804. The van der Waals surface area contributed by atoms with E-state index >= 15 is 0 Å². The lowest BCUT2D eigenvalue weighted by atomic mass is 9.95. The highest BCUT2D eigenvalue weighted by Gasteiger charge is 2.27. The molecule has 0 bridgehead atoms. The number of hydrogen-bond donors (Lipinski definition) is 1. The van der Waals surface area contributed by atoms with Crippen molar-refractivity contribution in [2.75, 3.05) is 31.1 Å². The van der Waals surface area contributed by atoms with Crippen molar-refractivity contribution in [2.45, 2.75) is 38.1 Å². The Morgan fingerprint density at radius 3 is 2.63 bits per heavy atom. The number of carbonyl (C=O) groups is 1. The van der Waals surface area contributed by atoms with Crippen LogP contribution >= 0.6 is 0 Å². The number of amides is 1. The molecule has 1 amide bonds. The van der Waals surface area contributed by atoms with Crippen molar-refractivity contribution in [3.05, 3.63) is 35.5 Å². The summed E-state index contributed by atoms with van der Waals surface area (Å²) in [5.41, 5.74) is 5.99. The van der Waals surface area contributed by atoms with Crippen LogP contribution in [0.3, 0.4) is 0 Å². The largest absolute Gasteiger partial charge is 0.365 e. The molecule has 144 valence electrons. The van der Waals surface area contributed by atoms with Crippen LogP contribution in [0.5, 0.6) is 0 Å². The molecule has 2 aromatic heterocycles. The summed E-state index contributed by atoms with van der Waals surface area (Å²) in [6, 6.07) is 3.49. The van der Waals surface area contributed by atoms with Crippen molar-refractivity contribution in [3.63, 3.8) is 0 Å². The molecule has 2 N–H and O–H groups in total. The van der Waals surface area contributed by atoms with Crippen LogP contribution < -0.4 is 10.6 Å². The van der Waals surface area contributed by atoms with E-state index in [1.165, 1.54) is 12.8 Å². The molecule has 2 aromatic rings. The molecule has 2 saturated heterocycles. The van der Waals surface area contributed by atoms with Crippen molar-refractivity contribution in [3.8, 4) is 0 Å². The molecule has 0 radical (unpaired) electrons. The van der Waals surface area contributed by atoms with E-state index in [0.717, 1.165) is 57.2 Å². The average Bonchev–Trinajstić information content (AvgIpc) is 3.33. The number of rotatable bonds is 5. The van der Waals surface area contributed by atoms with E-state index in [9.17, 15) is 4.79 Å². The molecule has 4 rings (SSSR count). The summed E-state index contributed by atoms with van der Waals surface area (Å²) in [6.45, 7) is 4.87. The van der Waals surface area contributed by atoms with Crippen LogP contribution in [0.4, 0.5) is 5.82 Å². The molecule has 8 nitrogen and oxygen atoms in total. The second kappa shape index (κ2) is 7.64. The van der Waals surface area contributed by atoms with Crippen molar-refractivity contribution < 1.29 is 4.79 Å². The number of anilines is 1. The van der Waals surface area contributed by atoms with Gasteiger partial charge in [0.05, 0.1) is 12.1 Å². The minimum atomic E-state index is -0.430. The number of aromatic nitrogens is 4. The summed E-state index contributed by atoms with van der Waals surface area (Å²) in [4.78, 5) is 20.7. The number of likely N-dealkylation sites (tertiary alicyclic amines) is 1. The van der Waals surface area contributed by atoms with Gasteiger partial charge in [-0.05, 0) is 50.9 Å². The molecular formula is C19H27N7O. The molecule has 4 heterocycles. The maximum Gasteiger partial charge on any atom is 0.252 e. The molecule has 0 atom stereocenters. The zero-order valence-corrected chi connectivity index (χ0v) is 15.8. The van der Waals surface area contributed by atoms with Gasteiger partial charge in [-0.25, -0.2) is 4.98 Å². The minimum Gasteiger partial charge on any atom is -0.365 e. The molecule has 0 aromatic carbocycles. The van der Waals surface area contributed by atoms with Gasteiger partial charge in [-0.3, -0.25) is 9.69 Å². The van der Waals surface area contributed by atoms with E-state index in [1.54, 1.807) is 18.3 Å². The van der Waals surface area contributed by atoms with Crippen LogP contribution in [-0.4, -0.2) is 56.7 Å². The van der Waals surface area contributed by atoms with E-state index in [-0.39, 0.29) is 0 Å². The Labute approximate surface area is 159 Å². The number of pyridine rings is 1. The van der Waals surface area contributed by atoms with Crippen molar-refractivity contribution in [1.29, 1.82) is 0 Å². The first-order chi connectivity index (χ1) is 13.1. The van der Waals surface area contributed by atoms with Crippen LogP contribution in [-0.2, 0) is 13.6 Å². The first kappa shape index (κ1) is 17.9. The lowest BCUT2D eigenvalue weighted by Crippen LogP contribution is -2.35. The van der Waals surface area contributed by atoms with Gasteiger partial charge in [-0.2, -0.15) is 0 Å². The van der Waals surface area contributed by atoms with E-state index in [1.807, 2.05) is 0 Å². The Morgan fingerprint density at radius 2 is 1.93 bits per heavy atom. The van der Waals surface area contributed by atoms with Crippen molar-refractivity contribution in [2.24, 2.45) is 12.8 Å². The topological polar surface area (TPSA) is 93.2 Å². The van der Waals surface area contributed by atoms with Crippen LogP contribution in [0.25, 0.3) is 0 Å². The third-order valence-electron chi connectivity index (χ3n) is 5.77. The molecule has 8 heteroatoms. The fraction of sp³-hybridized carbons (Fsp3) is 0.579. The summed E-state index contributed by atoms with van der Waals surface area (Å²) in [6.07, 6.45) is 6.20. The molecule has 0 unspecified atom stereocenters. The second-order valence-corrected chi connectivity index (χ2v) is 7.52. The van der Waals surface area contributed by atoms with Gasteiger partial charge in [0.15, 0.2) is 0 Å². The molecule has 27 heavy (non-hydrogen) atoms. The Hall–Kier alpha value is -2.48. The second-order valence-electron chi connectivity index (χ2n) is 7.52. The quantitative estimate of drug-likeness (QED) is 0.854. The maximum atomic E-state index is 11.7. The van der Waals surface area contributed by atoms with Gasteiger partial charge in [-0.1, -0.05) is 0 Å². The lowest BCUT2D eigenvalue weighted by Gasteiger charge is -2.33. The van der Waals surface area contributed by atoms with Gasteiger partial charge < -0.3 is 15.2 Å². The van der Waals surface area contributed by atoms with E-state index in [4.69, 9.17) is 5.73 Å². The smallest absolute Gasteiger partial charge is 0.252 e. The highest BCUT2D eigenvalue weighted by atomic mass is 16.1. The van der Waals surface area contributed by atoms with Gasteiger partial charge in [0.1, 0.15) is 17.5 Å². The standard InChI is InChI=1S/C19H27N7O/c1-24-16(13-25-9-2-3-10-25)22-23-18(24)14-6-11-26(12-7-14)19-15(17(20)27)5-4-8-21-19/h4-5,8,14H,2-3,6-7,9-13H2,1H3,(H2,20,27). The van der Waals surface area contributed by atoms with Crippen LogP contribution in [0, 0.1) is 0 Å². The first-order valence-corrected chi connectivity index (χ1v) is 9.74. The SMILES string of the molecule is Cn1c(CN2CCCC2)nnc1C1CCN(c2ncccc2C(N)=O)CC1. The Morgan fingerprint density at radius 1 is 1.19 bits per heavy atom. The molecule has 0 saturated carbocycles. The van der Waals surface area contributed by atoms with E-state index < -0.39 is 5.91 Å². The fourth-order valence-corrected chi connectivity index (χ4v) is 4.20. The maximum absolute atomic E-state index is 11.7. The molecule has 2 fully saturated rings. The predicted molar refractivity (Wildman–Crippen MR) is 102 cm³/mol. The summed E-state index contributed by atoms with van der Waals surface area (Å²) < 4.78 is 2.17. The van der Waals surface area contributed by atoms with Crippen LogP contribution in [0.1, 0.15) is 53.6 Å². The predicted octanol–water partition coefficient (Wildman–Crippen LogP) is 1.29. The average molecular weight is 369 g/mol. The Kier molecular flexibility index (Phi) is 5.07. The molecular weight excluding hydrogens is 342 g/mol. The highest BCUT2D eigenvalue weighted by molar-refractivity contribution is 5.97. The van der Waals surface area contributed by atoms with E-state index in [2.05, 4.69) is 36.6 Å². The summed E-state index contributed by atoms with van der Waals surface area (Å²) in [7, 11) is 2.08. The zero-order chi connectivity index (χ0) is 18.8. The van der Waals surface area contributed by atoms with Gasteiger partial charge in [0, 0.05) is 32.3 Å². The van der Waals surface area contributed by atoms with Crippen LogP contribution in [0.2, 0.25) is 0 Å². The zero-order valence-electron chi connectivity index (χ0n) is 15.8. The van der Waals surface area contributed by atoms with Gasteiger partial charge >= 0.3 is 0 Å². The van der Waals surface area contributed by atoms with Gasteiger partial charge in [-0.15, -0.1) is 10.2 Å². The number of nitrogens with two attached hydrogens (primary N) is 1. The molecule has 0 spiro atoms. The number of piperidine rings is 1. The fourth-order valence-electron chi connectivity index (χ4n) is 4.20.